The van der Waals surface area contributed by atoms with E-state index in [0.29, 0.717) is 6.42 Å². The maximum absolute atomic E-state index is 10.1. The van der Waals surface area contributed by atoms with Gasteiger partial charge in [0, 0.05) is 6.42 Å². The molecule has 0 fully saturated rings. The van der Waals surface area contributed by atoms with Crippen LogP contribution in [0.3, 0.4) is 0 Å². The fraction of sp³-hybridized carbons (Fsp3) is 0.429. The Hall–Kier alpha value is -2.42. The molecule has 0 aliphatic heterocycles. The highest BCUT2D eigenvalue weighted by molar-refractivity contribution is 5.67. The zero-order valence-electron chi connectivity index (χ0n) is 12.0. The van der Waals surface area contributed by atoms with Crippen LogP contribution in [0, 0.1) is 12.8 Å². The lowest BCUT2D eigenvalue weighted by Gasteiger charge is -2.16. The van der Waals surface area contributed by atoms with Crippen molar-refractivity contribution in [3.05, 3.63) is 24.2 Å². The molecule has 0 bridgehead atoms. The van der Waals surface area contributed by atoms with Crippen LogP contribution in [0.1, 0.15) is 32.8 Å². The van der Waals surface area contributed by atoms with Gasteiger partial charge < -0.3 is 20.0 Å². The number of terminal acetylenes is 1. The molecule has 1 aromatic rings. The molecule has 0 radical (unpaired) electrons. The van der Waals surface area contributed by atoms with Gasteiger partial charge in [0.25, 0.3) is 0 Å². The summed E-state index contributed by atoms with van der Waals surface area (Å²) in [6.07, 6.45) is 11.1. The van der Waals surface area contributed by atoms with Crippen LogP contribution in [0.15, 0.2) is 23.0 Å². The van der Waals surface area contributed by atoms with Crippen LogP contribution in [0.2, 0.25) is 0 Å². The molecule has 3 N–H and O–H groups in total. The highest BCUT2D eigenvalue weighted by atomic mass is 16.6. The molecule has 1 rings (SSSR count). The Morgan fingerprint density at radius 1 is 1.40 bits per heavy atom. The van der Waals surface area contributed by atoms with Crippen LogP contribution in [-0.2, 0) is 16.0 Å². The zero-order valence-corrected chi connectivity index (χ0v) is 12.0. The van der Waals surface area contributed by atoms with Crippen molar-refractivity contribution >= 4 is 12.1 Å². The second-order valence-electron chi connectivity index (χ2n) is 4.56. The highest BCUT2D eigenvalue weighted by Crippen LogP contribution is 2.05. The van der Waals surface area contributed by atoms with Gasteiger partial charge in [-0.25, -0.2) is 4.79 Å². The molecule has 112 valence electrons. The number of amides is 1. The third-order valence-corrected chi connectivity index (χ3v) is 1.61. The van der Waals surface area contributed by atoms with Gasteiger partial charge in [0.05, 0.1) is 12.5 Å². The molecule has 1 heterocycles. The van der Waals surface area contributed by atoms with E-state index in [-0.39, 0.29) is 6.42 Å². The molecule has 1 aromatic heterocycles. The van der Waals surface area contributed by atoms with Gasteiger partial charge in [0.15, 0.2) is 0 Å². The van der Waals surface area contributed by atoms with Gasteiger partial charge in [0.2, 0.25) is 0 Å². The Morgan fingerprint density at radius 3 is 2.20 bits per heavy atom. The number of furan rings is 1. The summed E-state index contributed by atoms with van der Waals surface area (Å²) in [5.41, 5.74) is 5.20. The second-order valence-corrected chi connectivity index (χ2v) is 4.56. The Balaban J connectivity index is 0. The lowest BCUT2D eigenvalue weighted by molar-refractivity contribution is -0.136. The minimum Gasteiger partial charge on any atom is -0.481 e. The van der Waals surface area contributed by atoms with Gasteiger partial charge in [-0.05, 0) is 38.8 Å². The quantitative estimate of drug-likeness (QED) is 0.829. The van der Waals surface area contributed by atoms with Crippen molar-refractivity contribution in [1.82, 2.24) is 0 Å². The third-order valence-electron chi connectivity index (χ3n) is 1.61. The maximum Gasteiger partial charge on any atom is 0.405 e. The first kappa shape index (κ1) is 19.9. The second kappa shape index (κ2) is 10.5. The number of ether oxygens (including phenoxy) is 1. The lowest BCUT2D eigenvalue weighted by Crippen LogP contribution is -2.27. The summed E-state index contributed by atoms with van der Waals surface area (Å²) in [4.78, 5) is 20.1. The van der Waals surface area contributed by atoms with E-state index in [0.717, 1.165) is 5.56 Å². The normalized spacial score (nSPS) is 9.25. The predicted molar refractivity (Wildman–Crippen MR) is 75.0 cm³/mol. The minimum atomic E-state index is -0.777. The molecule has 0 aliphatic rings. The summed E-state index contributed by atoms with van der Waals surface area (Å²) in [7, 11) is 0. The van der Waals surface area contributed by atoms with Crippen molar-refractivity contribution in [3.8, 4) is 12.8 Å². The fourth-order valence-electron chi connectivity index (χ4n) is 0.988. The van der Waals surface area contributed by atoms with Crippen molar-refractivity contribution in [2.24, 2.45) is 5.73 Å². The summed E-state index contributed by atoms with van der Waals surface area (Å²) >= 11 is 0. The number of carbonyl (C=O) groups is 2. The molecule has 0 aromatic carbocycles. The summed E-state index contributed by atoms with van der Waals surface area (Å²) in [6.45, 7) is 5.28. The fourth-order valence-corrected chi connectivity index (χ4v) is 0.988. The van der Waals surface area contributed by atoms with E-state index in [9.17, 15) is 9.59 Å². The van der Waals surface area contributed by atoms with Gasteiger partial charge in [-0.1, -0.05) is 0 Å². The molecular formula is C14H21NO5. The number of carbonyl (C=O) groups excluding carboxylic acids is 1. The molecule has 1 amide bonds. The van der Waals surface area contributed by atoms with E-state index in [1.165, 1.54) is 6.26 Å². The van der Waals surface area contributed by atoms with E-state index in [1.807, 2.05) is 0 Å². The highest BCUT2D eigenvalue weighted by Gasteiger charge is 2.12. The Kier molecular flexibility index (Phi) is 10.5. The number of rotatable bonds is 3. The summed E-state index contributed by atoms with van der Waals surface area (Å²) < 4.78 is 9.33. The van der Waals surface area contributed by atoms with Crippen LogP contribution >= 0.6 is 0 Å². The number of hydrogen-bond donors (Lipinski definition) is 2. The summed E-state index contributed by atoms with van der Waals surface area (Å²) in [5, 5.41) is 8.28. The SMILES string of the molecule is C#C.CC(C)(C)OC(N)=O.O=C(O)CCc1ccoc1. The van der Waals surface area contributed by atoms with E-state index < -0.39 is 17.7 Å². The Bertz CT molecular complexity index is 401. The first-order valence-corrected chi connectivity index (χ1v) is 5.75. The number of hydrogen-bond acceptors (Lipinski definition) is 4. The van der Waals surface area contributed by atoms with Gasteiger partial charge in [-0.3, -0.25) is 4.79 Å². The summed E-state index contributed by atoms with van der Waals surface area (Å²) in [5.74, 6) is -0.777. The van der Waals surface area contributed by atoms with Crippen molar-refractivity contribution in [2.75, 3.05) is 0 Å². The number of carboxylic acid groups (broad SMARTS) is 1. The topological polar surface area (TPSA) is 103 Å². The van der Waals surface area contributed by atoms with Crippen molar-refractivity contribution in [2.45, 2.75) is 39.2 Å². The van der Waals surface area contributed by atoms with Gasteiger partial charge >= 0.3 is 12.1 Å². The van der Waals surface area contributed by atoms with Crippen molar-refractivity contribution in [3.63, 3.8) is 0 Å². The molecular weight excluding hydrogens is 262 g/mol. The molecule has 0 saturated carbocycles. The Labute approximate surface area is 118 Å². The van der Waals surface area contributed by atoms with E-state index in [4.69, 9.17) is 15.3 Å². The minimum absolute atomic E-state index is 0.166. The summed E-state index contributed by atoms with van der Waals surface area (Å²) in [6, 6.07) is 1.77. The predicted octanol–water partition coefficient (Wildman–Crippen LogP) is 2.43. The van der Waals surface area contributed by atoms with Crippen molar-refractivity contribution in [1.29, 1.82) is 0 Å². The first-order chi connectivity index (χ1) is 9.20. The van der Waals surface area contributed by atoms with E-state index in [2.05, 4.69) is 17.6 Å². The molecule has 6 heteroatoms. The van der Waals surface area contributed by atoms with Crippen LogP contribution in [0.25, 0.3) is 0 Å². The van der Waals surface area contributed by atoms with Crippen molar-refractivity contribution < 1.29 is 23.8 Å². The molecule has 6 nitrogen and oxygen atoms in total. The average Bonchev–Trinajstić information content (AvgIpc) is 2.79. The average molecular weight is 283 g/mol. The number of aryl methyl sites for hydroxylation is 1. The first-order valence-electron chi connectivity index (χ1n) is 5.75. The zero-order chi connectivity index (χ0) is 16.2. The number of carboxylic acids is 1. The van der Waals surface area contributed by atoms with Gasteiger partial charge in [-0.15, -0.1) is 12.8 Å². The molecule has 0 aliphatic carbocycles. The lowest BCUT2D eigenvalue weighted by atomic mass is 10.2. The molecule has 0 unspecified atom stereocenters. The van der Waals surface area contributed by atoms with E-state index >= 15 is 0 Å². The number of aliphatic carboxylic acids is 1. The standard InChI is InChI=1S/C7H8O3.C5H11NO2.C2H2/c8-7(9)2-1-6-3-4-10-5-6;1-5(2,3)8-4(6)7;1-2/h3-5H,1-2H2,(H,8,9);1-3H3,(H2,6,7);1-2H. The molecule has 20 heavy (non-hydrogen) atoms. The smallest absolute Gasteiger partial charge is 0.405 e. The maximum atomic E-state index is 10.1. The number of nitrogens with two attached hydrogens (primary N) is 1. The molecule has 0 spiro atoms. The van der Waals surface area contributed by atoms with Gasteiger partial charge in [0.1, 0.15) is 5.60 Å². The van der Waals surface area contributed by atoms with Crippen LogP contribution < -0.4 is 5.73 Å². The third kappa shape index (κ3) is 15.6. The largest absolute Gasteiger partial charge is 0.481 e. The van der Waals surface area contributed by atoms with Crippen LogP contribution in [-0.4, -0.2) is 22.8 Å². The van der Waals surface area contributed by atoms with Crippen LogP contribution in [0.4, 0.5) is 4.79 Å². The van der Waals surface area contributed by atoms with E-state index in [1.54, 1.807) is 33.1 Å². The van der Waals surface area contributed by atoms with Crippen LogP contribution in [0.5, 0.6) is 0 Å². The number of primary amides is 1. The van der Waals surface area contributed by atoms with Gasteiger partial charge in [-0.2, -0.15) is 0 Å². The monoisotopic (exact) mass is 283 g/mol. The Morgan fingerprint density at radius 2 is 1.95 bits per heavy atom. The molecule has 0 atom stereocenters. The molecule has 0 saturated heterocycles.